The summed E-state index contributed by atoms with van der Waals surface area (Å²) in [7, 11) is -1.19. The number of allylic oxidation sites excluding steroid dienone is 1. The third-order valence-electron chi connectivity index (χ3n) is 5.18. The number of carbonyl (C=O) groups excluding carboxylic acids is 1. The Hall–Kier alpha value is -2.19. The Kier molecular flexibility index (Phi) is 5.39. The van der Waals surface area contributed by atoms with Crippen LogP contribution >= 0.6 is 0 Å². The minimum Gasteiger partial charge on any atom is -0.465 e. The molecule has 1 unspecified atom stereocenters. The van der Waals surface area contributed by atoms with Gasteiger partial charge in [-0.05, 0) is 18.5 Å². The van der Waals surface area contributed by atoms with Crippen LogP contribution < -0.4 is 4.90 Å². The van der Waals surface area contributed by atoms with E-state index in [-0.39, 0.29) is 12.6 Å². The molecule has 0 saturated heterocycles. The van der Waals surface area contributed by atoms with Gasteiger partial charge in [-0.25, -0.2) is 9.78 Å². The zero-order valence-corrected chi connectivity index (χ0v) is 17.1. The minimum atomic E-state index is -1.19. The lowest BCUT2D eigenvalue weighted by molar-refractivity contribution is -0.121. The highest BCUT2D eigenvalue weighted by Gasteiger charge is 2.44. The molecule has 1 spiro atoms. The molecule has 27 heavy (non-hydrogen) atoms. The topological polar surface area (TPSA) is 83.0 Å². The fraction of sp³-hybridized carbons (Fsp3) is 0.526. The van der Waals surface area contributed by atoms with E-state index in [1.165, 1.54) is 4.90 Å². The number of carbonyl (C=O) groups is 2. The van der Waals surface area contributed by atoms with Gasteiger partial charge in [-0.15, -0.1) is 0 Å². The second-order valence-electron chi connectivity index (χ2n) is 8.42. The number of aromatic nitrogens is 1. The van der Waals surface area contributed by atoms with Gasteiger partial charge in [0.25, 0.3) is 0 Å². The lowest BCUT2D eigenvalue weighted by Gasteiger charge is -2.42. The number of anilines is 1. The number of hydrogen-bond donors (Lipinski definition) is 1. The smallest absolute Gasteiger partial charge is 0.411 e. The van der Waals surface area contributed by atoms with Crippen LogP contribution in [0.3, 0.4) is 0 Å². The second-order valence-corrected chi connectivity index (χ2v) is 14.0. The van der Waals surface area contributed by atoms with Crippen LogP contribution in [0.5, 0.6) is 0 Å². The van der Waals surface area contributed by atoms with Crippen LogP contribution in [-0.2, 0) is 14.9 Å². The zero-order valence-electron chi connectivity index (χ0n) is 16.1. The van der Waals surface area contributed by atoms with E-state index in [4.69, 9.17) is 9.84 Å². The maximum absolute atomic E-state index is 12.9. The molecule has 1 N–H and O–H groups in total. The summed E-state index contributed by atoms with van der Waals surface area (Å²) in [5.41, 5.74) is 0.459. The van der Waals surface area contributed by atoms with Crippen LogP contribution in [0, 0.1) is 0 Å². The Morgan fingerprint density at radius 1 is 1.41 bits per heavy atom. The largest absolute Gasteiger partial charge is 0.465 e. The van der Waals surface area contributed by atoms with Crippen molar-refractivity contribution >= 4 is 25.9 Å². The molecule has 146 valence electrons. The number of hydrogen-bond acceptors (Lipinski definition) is 4. The second kappa shape index (κ2) is 7.44. The molecule has 2 amide bonds. The van der Waals surface area contributed by atoms with Crippen LogP contribution in [0.25, 0.3) is 0 Å². The molecule has 7 nitrogen and oxygen atoms in total. The fourth-order valence-electron chi connectivity index (χ4n) is 3.49. The van der Waals surface area contributed by atoms with E-state index in [1.54, 1.807) is 17.3 Å². The molecule has 2 aliphatic rings. The summed E-state index contributed by atoms with van der Waals surface area (Å²) in [6.07, 6.45) is 4.96. The predicted molar refractivity (Wildman–Crippen MR) is 105 cm³/mol. The van der Waals surface area contributed by atoms with E-state index >= 15 is 0 Å². The van der Waals surface area contributed by atoms with Crippen molar-refractivity contribution in [3.8, 4) is 0 Å². The lowest BCUT2D eigenvalue weighted by atomic mass is 9.71. The summed E-state index contributed by atoms with van der Waals surface area (Å²) >= 11 is 0. The van der Waals surface area contributed by atoms with Crippen molar-refractivity contribution in [2.75, 3.05) is 24.8 Å². The SMILES string of the molecule is C[Si](C)(C)CCOCN1C(=O)CC2(C=CN(C(=O)O)CC2)c2cccnc21. The molecule has 3 heterocycles. The zero-order chi connectivity index (χ0) is 19.7. The fourth-order valence-corrected chi connectivity index (χ4v) is 4.25. The van der Waals surface area contributed by atoms with Gasteiger partial charge in [-0.1, -0.05) is 31.8 Å². The number of amides is 2. The maximum atomic E-state index is 12.9. The third kappa shape index (κ3) is 4.22. The van der Waals surface area contributed by atoms with Gasteiger partial charge in [0.2, 0.25) is 5.91 Å². The van der Waals surface area contributed by atoms with Gasteiger partial charge in [0.15, 0.2) is 0 Å². The maximum Gasteiger partial charge on any atom is 0.411 e. The van der Waals surface area contributed by atoms with Gasteiger partial charge in [0, 0.05) is 51.0 Å². The molecular formula is C19H27N3O4Si. The molecule has 2 aliphatic heterocycles. The summed E-state index contributed by atoms with van der Waals surface area (Å²) in [5.74, 6) is 0.581. The van der Waals surface area contributed by atoms with Gasteiger partial charge in [-0.2, -0.15) is 0 Å². The molecule has 0 bridgehead atoms. The lowest BCUT2D eigenvalue weighted by Crippen LogP contribution is -2.48. The average molecular weight is 390 g/mol. The van der Waals surface area contributed by atoms with Crippen LogP contribution in [0.1, 0.15) is 18.4 Å². The highest BCUT2D eigenvalue weighted by molar-refractivity contribution is 6.76. The van der Waals surface area contributed by atoms with Crippen molar-refractivity contribution in [3.05, 3.63) is 36.2 Å². The average Bonchev–Trinajstić information content (AvgIpc) is 2.60. The van der Waals surface area contributed by atoms with Crippen molar-refractivity contribution in [1.29, 1.82) is 0 Å². The molecule has 0 aromatic carbocycles. The molecule has 0 aliphatic carbocycles. The van der Waals surface area contributed by atoms with Crippen molar-refractivity contribution < 1.29 is 19.4 Å². The minimum absolute atomic E-state index is 0.0392. The molecular weight excluding hydrogens is 362 g/mol. The summed E-state index contributed by atoms with van der Waals surface area (Å²) in [6, 6.07) is 4.88. The van der Waals surface area contributed by atoms with Gasteiger partial charge < -0.3 is 9.84 Å². The Labute approximate surface area is 160 Å². The van der Waals surface area contributed by atoms with Crippen molar-refractivity contribution in [2.24, 2.45) is 0 Å². The first-order valence-electron chi connectivity index (χ1n) is 9.24. The Bertz CT molecular complexity index is 762. The Morgan fingerprint density at radius 3 is 2.81 bits per heavy atom. The van der Waals surface area contributed by atoms with Gasteiger partial charge in [0.1, 0.15) is 12.5 Å². The van der Waals surface area contributed by atoms with Gasteiger partial charge >= 0.3 is 6.09 Å². The van der Waals surface area contributed by atoms with Crippen molar-refractivity contribution in [1.82, 2.24) is 9.88 Å². The molecule has 3 rings (SSSR count). The Morgan fingerprint density at radius 2 is 2.19 bits per heavy atom. The number of pyridine rings is 1. The van der Waals surface area contributed by atoms with E-state index in [0.29, 0.717) is 31.8 Å². The van der Waals surface area contributed by atoms with Crippen LogP contribution in [0.4, 0.5) is 10.6 Å². The monoisotopic (exact) mass is 389 g/mol. The molecule has 1 aromatic heterocycles. The van der Waals surface area contributed by atoms with Crippen LogP contribution in [0.2, 0.25) is 25.7 Å². The summed E-state index contributed by atoms with van der Waals surface area (Å²) in [4.78, 5) is 31.4. The number of ether oxygens (including phenoxy) is 1. The number of rotatable bonds is 5. The highest BCUT2D eigenvalue weighted by Crippen LogP contribution is 2.44. The summed E-state index contributed by atoms with van der Waals surface area (Å²) < 4.78 is 5.80. The predicted octanol–water partition coefficient (Wildman–Crippen LogP) is 3.27. The number of fused-ring (bicyclic) bond motifs is 2. The van der Waals surface area contributed by atoms with E-state index < -0.39 is 19.6 Å². The summed E-state index contributed by atoms with van der Waals surface area (Å²) in [6.45, 7) is 8.07. The first-order chi connectivity index (χ1) is 12.7. The number of nitrogens with zero attached hydrogens (tertiary/aromatic N) is 3. The first kappa shape index (κ1) is 19.6. The van der Waals surface area contributed by atoms with E-state index in [9.17, 15) is 9.59 Å². The summed E-state index contributed by atoms with van der Waals surface area (Å²) in [5, 5.41) is 9.17. The van der Waals surface area contributed by atoms with Crippen LogP contribution in [-0.4, -0.2) is 54.9 Å². The molecule has 0 fully saturated rings. The molecule has 8 heteroatoms. The van der Waals surface area contributed by atoms with E-state index in [0.717, 1.165) is 11.6 Å². The first-order valence-corrected chi connectivity index (χ1v) is 13.0. The van der Waals surface area contributed by atoms with E-state index in [2.05, 4.69) is 24.6 Å². The van der Waals surface area contributed by atoms with Crippen molar-refractivity contribution in [2.45, 2.75) is 43.9 Å². The third-order valence-corrected chi connectivity index (χ3v) is 6.89. The van der Waals surface area contributed by atoms with E-state index in [1.807, 2.05) is 18.2 Å². The van der Waals surface area contributed by atoms with Crippen molar-refractivity contribution in [3.63, 3.8) is 0 Å². The molecule has 0 radical (unpaired) electrons. The Balaban J connectivity index is 1.81. The standard InChI is InChI=1S/C19H27N3O4Si/c1-27(2,3)12-11-26-14-22-16(23)13-19(15-5-4-8-20-17(15)22)6-9-21(10-7-19)18(24)25/h4-6,8-9H,7,10-14H2,1-3H3,(H,24,25). The quantitative estimate of drug-likeness (QED) is 0.617. The molecule has 0 saturated carbocycles. The van der Waals surface area contributed by atoms with Gasteiger partial charge in [0.05, 0.1) is 0 Å². The van der Waals surface area contributed by atoms with Crippen LogP contribution in [0.15, 0.2) is 30.6 Å². The normalized spacial score (nSPS) is 22.3. The van der Waals surface area contributed by atoms with Gasteiger partial charge in [-0.3, -0.25) is 14.6 Å². The molecule has 1 atom stereocenters. The number of carboxylic acid groups (broad SMARTS) is 1. The highest BCUT2D eigenvalue weighted by atomic mass is 28.3. The molecule has 1 aromatic rings.